The first-order valence-corrected chi connectivity index (χ1v) is 11.8. The Hall–Kier alpha value is -2.18. The monoisotopic (exact) mass is 425 g/mol. The van der Waals surface area contributed by atoms with Gasteiger partial charge in [0.1, 0.15) is 0 Å². The van der Waals surface area contributed by atoms with Crippen LogP contribution in [-0.2, 0) is 16.0 Å². The number of methoxy groups -OCH3 is 1. The van der Waals surface area contributed by atoms with Crippen molar-refractivity contribution in [1.82, 2.24) is 14.3 Å². The van der Waals surface area contributed by atoms with Gasteiger partial charge in [0.05, 0.1) is 12.3 Å². The van der Waals surface area contributed by atoms with E-state index in [-0.39, 0.29) is 5.92 Å². The molecule has 1 amide bonds. The molecule has 6 heteroatoms. The summed E-state index contributed by atoms with van der Waals surface area (Å²) in [4.78, 5) is 20.9. The van der Waals surface area contributed by atoms with Gasteiger partial charge in [-0.2, -0.15) is 0 Å². The van der Waals surface area contributed by atoms with Gasteiger partial charge in [0.2, 0.25) is 5.91 Å². The lowest BCUT2D eigenvalue weighted by Gasteiger charge is -2.29. The highest BCUT2D eigenvalue weighted by Crippen LogP contribution is 2.27. The molecule has 0 aliphatic heterocycles. The molecule has 1 aliphatic rings. The van der Waals surface area contributed by atoms with Gasteiger partial charge in [-0.1, -0.05) is 49.1 Å². The van der Waals surface area contributed by atoms with Crippen LogP contribution < -0.4 is 0 Å². The van der Waals surface area contributed by atoms with Crippen LogP contribution in [0.4, 0.5) is 0 Å². The summed E-state index contributed by atoms with van der Waals surface area (Å²) in [5, 5.41) is 2.17. The van der Waals surface area contributed by atoms with E-state index in [1.165, 1.54) is 30.5 Å². The van der Waals surface area contributed by atoms with E-state index in [0.717, 1.165) is 42.0 Å². The molecule has 0 N–H and O–H groups in total. The van der Waals surface area contributed by atoms with Crippen molar-refractivity contribution in [1.29, 1.82) is 0 Å². The van der Waals surface area contributed by atoms with Crippen LogP contribution in [0.3, 0.4) is 0 Å². The maximum atomic E-state index is 13.1. The van der Waals surface area contributed by atoms with Crippen molar-refractivity contribution in [3.63, 3.8) is 0 Å². The van der Waals surface area contributed by atoms with Crippen LogP contribution in [0.15, 0.2) is 35.8 Å². The summed E-state index contributed by atoms with van der Waals surface area (Å²) in [5.41, 5.74) is 4.59. The molecule has 0 saturated heterocycles. The summed E-state index contributed by atoms with van der Waals surface area (Å²) in [5.74, 6) is 0.503. The molecule has 5 nitrogen and oxygen atoms in total. The standard InChI is InChI=1S/C24H31N3O2S/c1-18-8-10-19(11-9-18)22-16-27-21(17-30-24(27)25-22)12-13-26(14-15-29-2)23(28)20-6-4-3-5-7-20/h8-11,16-17,20H,3-7,12-15H2,1-2H3. The van der Waals surface area contributed by atoms with E-state index in [1.807, 2.05) is 4.90 Å². The Labute approximate surface area is 182 Å². The number of carbonyl (C=O) groups excluding carboxylic acids is 1. The molecule has 30 heavy (non-hydrogen) atoms. The zero-order valence-corrected chi connectivity index (χ0v) is 18.8. The Morgan fingerprint density at radius 2 is 1.97 bits per heavy atom. The lowest BCUT2D eigenvalue weighted by molar-refractivity contribution is -0.137. The summed E-state index contributed by atoms with van der Waals surface area (Å²) in [6.45, 7) is 4.07. The molecule has 3 aromatic rings. The SMILES string of the molecule is COCCN(CCc1csc2nc(-c3ccc(C)cc3)cn12)C(=O)C1CCCCC1. The number of aromatic nitrogens is 2. The van der Waals surface area contributed by atoms with E-state index >= 15 is 0 Å². The molecule has 0 bridgehead atoms. The number of fused-ring (bicyclic) bond motifs is 1. The van der Waals surface area contributed by atoms with E-state index < -0.39 is 0 Å². The number of imidazole rings is 1. The molecule has 2 aromatic heterocycles. The molecule has 0 spiro atoms. The third kappa shape index (κ3) is 4.76. The molecule has 1 aliphatic carbocycles. The van der Waals surface area contributed by atoms with Gasteiger partial charge in [-0.25, -0.2) is 4.98 Å². The van der Waals surface area contributed by atoms with Crippen molar-refractivity contribution in [3.8, 4) is 11.3 Å². The fraction of sp³-hybridized carbons (Fsp3) is 0.500. The second-order valence-electron chi connectivity index (χ2n) is 8.27. The number of amides is 1. The molecule has 1 aromatic carbocycles. The molecular weight excluding hydrogens is 394 g/mol. The van der Waals surface area contributed by atoms with Gasteiger partial charge in [-0.3, -0.25) is 9.20 Å². The van der Waals surface area contributed by atoms with E-state index in [4.69, 9.17) is 9.72 Å². The predicted molar refractivity (Wildman–Crippen MR) is 122 cm³/mol. The van der Waals surface area contributed by atoms with Crippen molar-refractivity contribution in [2.24, 2.45) is 5.92 Å². The van der Waals surface area contributed by atoms with Gasteiger partial charge in [-0.15, -0.1) is 11.3 Å². The number of aryl methyl sites for hydroxylation is 1. The predicted octanol–water partition coefficient (Wildman–Crippen LogP) is 4.97. The zero-order chi connectivity index (χ0) is 20.9. The maximum Gasteiger partial charge on any atom is 0.225 e. The Morgan fingerprint density at radius 3 is 2.70 bits per heavy atom. The van der Waals surface area contributed by atoms with Gasteiger partial charge >= 0.3 is 0 Å². The smallest absolute Gasteiger partial charge is 0.225 e. The number of ether oxygens (including phenoxy) is 1. The quantitative estimate of drug-likeness (QED) is 0.512. The van der Waals surface area contributed by atoms with Crippen LogP contribution >= 0.6 is 11.3 Å². The van der Waals surface area contributed by atoms with Crippen molar-refractivity contribution in [3.05, 3.63) is 47.1 Å². The van der Waals surface area contributed by atoms with Gasteiger partial charge in [0, 0.05) is 55.4 Å². The molecule has 0 atom stereocenters. The lowest BCUT2D eigenvalue weighted by Crippen LogP contribution is -2.40. The van der Waals surface area contributed by atoms with Crippen LogP contribution in [0.5, 0.6) is 0 Å². The number of benzene rings is 1. The van der Waals surface area contributed by atoms with Gasteiger partial charge in [-0.05, 0) is 19.8 Å². The Morgan fingerprint density at radius 1 is 1.20 bits per heavy atom. The topological polar surface area (TPSA) is 46.8 Å². The van der Waals surface area contributed by atoms with Crippen LogP contribution in [0, 0.1) is 12.8 Å². The van der Waals surface area contributed by atoms with Gasteiger partial charge in [0.25, 0.3) is 0 Å². The molecule has 0 radical (unpaired) electrons. The van der Waals surface area contributed by atoms with Crippen LogP contribution in [0.2, 0.25) is 0 Å². The Bertz CT molecular complexity index is 970. The molecule has 160 valence electrons. The van der Waals surface area contributed by atoms with E-state index in [1.54, 1.807) is 18.4 Å². The van der Waals surface area contributed by atoms with Gasteiger partial charge in [0.15, 0.2) is 4.96 Å². The lowest BCUT2D eigenvalue weighted by atomic mass is 9.88. The molecular formula is C24H31N3O2S. The average Bonchev–Trinajstić information content (AvgIpc) is 3.36. The number of carbonyl (C=O) groups is 1. The summed E-state index contributed by atoms with van der Waals surface area (Å²) >= 11 is 1.66. The van der Waals surface area contributed by atoms with Crippen LogP contribution in [-0.4, -0.2) is 47.0 Å². The third-order valence-corrected chi connectivity index (χ3v) is 6.99. The summed E-state index contributed by atoms with van der Waals surface area (Å²) in [7, 11) is 1.70. The third-order valence-electron chi connectivity index (χ3n) is 6.10. The summed E-state index contributed by atoms with van der Waals surface area (Å²) in [6.07, 6.45) is 8.63. The summed E-state index contributed by atoms with van der Waals surface area (Å²) in [6, 6.07) is 8.48. The normalized spacial score (nSPS) is 15.0. The molecule has 1 saturated carbocycles. The average molecular weight is 426 g/mol. The zero-order valence-electron chi connectivity index (χ0n) is 18.0. The van der Waals surface area contributed by atoms with Crippen molar-refractivity contribution in [2.45, 2.75) is 45.4 Å². The Balaban J connectivity index is 1.47. The molecule has 2 heterocycles. The van der Waals surface area contributed by atoms with E-state index in [0.29, 0.717) is 19.1 Å². The van der Waals surface area contributed by atoms with Gasteiger partial charge < -0.3 is 9.64 Å². The number of rotatable bonds is 8. The Kier molecular flexibility index (Phi) is 6.85. The molecule has 0 unspecified atom stereocenters. The van der Waals surface area contributed by atoms with E-state index in [9.17, 15) is 4.79 Å². The highest BCUT2D eigenvalue weighted by Gasteiger charge is 2.26. The molecule has 1 fully saturated rings. The minimum Gasteiger partial charge on any atom is -0.383 e. The van der Waals surface area contributed by atoms with E-state index in [2.05, 4.69) is 47.2 Å². The highest BCUT2D eigenvalue weighted by atomic mass is 32.1. The maximum absolute atomic E-state index is 13.1. The van der Waals surface area contributed by atoms with Crippen molar-refractivity contribution >= 4 is 22.2 Å². The number of nitrogens with zero attached hydrogens (tertiary/aromatic N) is 3. The van der Waals surface area contributed by atoms with Crippen molar-refractivity contribution < 1.29 is 9.53 Å². The first-order chi connectivity index (χ1) is 14.7. The highest BCUT2D eigenvalue weighted by molar-refractivity contribution is 7.15. The fourth-order valence-corrected chi connectivity index (χ4v) is 5.17. The largest absolute Gasteiger partial charge is 0.383 e. The minimum absolute atomic E-state index is 0.194. The number of thiazole rings is 1. The fourth-order valence-electron chi connectivity index (χ4n) is 4.26. The second kappa shape index (κ2) is 9.75. The number of hydrogen-bond acceptors (Lipinski definition) is 4. The molecule has 4 rings (SSSR count). The number of hydrogen-bond donors (Lipinski definition) is 0. The summed E-state index contributed by atoms with van der Waals surface area (Å²) < 4.78 is 7.45. The van der Waals surface area contributed by atoms with Crippen LogP contribution in [0.25, 0.3) is 16.2 Å². The van der Waals surface area contributed by atoms with Crippen molar-refractivity contribution in [2.75, 3.05) is 26.8 Å². The van der Waals surface area contributed by atoms with Crippen LogP contribution in [0.1, 0.15) is 43.4 Å². The first kappa shape index (κ1) is 21.1. The second-order valence-corrected chi connectivity index (χ2v) is 9.11. The first-order valence-electron chi connectivity index (χ1n) is 11.0. The minimum atomic E-state index is 0.194.